The number of pyridine rings is 1. The van der Waals surface area contributed by atoms with Crippen molar-refractivity contribution in [2.75, 3.05) is 18.8 Å². The summed E-state index contributed by atoms with van der Waals surface area (Å²) < 4.78 is 0. The van der Waals surface area contributed by atoms with Crippen molar-refractivity contribution in [3.8, 4) is 0 Å². The van der Waals surface area contributed by atoms with Gasteiger partial charge in [0.05, 0.1) is 12.2 Å². The number of nitrogens with zero attached hydrogens (tertiary/aromatic N) is 3. The molecule has 0 aliphatic carbocycles. The van der Waals surface area contributed by atoms with Gasteiger partial charge in [0.15, 0.2) is 0 Å². The number of nitrogen functional groups attached to an aromatic ring is 1. The second-order valence-electron chi connectivity index (χ2n) is 4.87. The van der Waals surface area contributed by atoms with Crippen LogP contribution >= 0.6 is 0 Å². The molecule has 102 valence electrons. The van der Waals surface area contributed by atoms with E-state index in [9.17, 15) is 9.59 Å². The van der Waals surface area contributed by atoms with E-state index in [4.69, 9.17) is 5.73 Å². The van der Waals surface area contributed by atoms with Crippen LogP contribution < -0.4 is 5.73 Å². The van der Waals surface area contributed by atoms with Gasteiger partial charge in [-0.05, 0) is 26.0 Å². The van der Waals surface area contributed by atoms with Crippen LogP contribution in [0.1, 0.15) is 19.5 Å². The van der Waals surface area contributed by atoms with Crippen molar-refractivity contribution in [2.24, 2.45) is 0 Å². The summed E-state index contributed by atoms with van der Waals surface area (Å²) >= 11 is 0. The van der Waals surface area contributed by atoms with Gasteiger partial charge in [0, 0.05) is 19.1 Å². The van der Waals surface area contributed by atoms with Gasteiger partial charge in [-0.25, -0.2) is 4.98 Å². The van der Waals surface area contributed by atoms with Gasteiger partial charge in [-0.1, -0.05) is 6.07 Å². The molecule has 1 aromatic heterocycles. The Kier molecular flexibility index (Phi) is 3.69. The predicted octanol–water partition coefficient (Wildman–Crippen LogP) is 0.243. The fourth-order valence-corrected chi connectivity index (χ4v) is 2.11. The summed E-state index contributed by atoms with van der Waals surface area (Å²) in [5.74, 6) is -0.494. The highest BCUT2D eigenvalue weighted by Crippen LogP contribution is 2.12. The molecule has 1 aliphatic heterocycles. The highest BCUT2D eigenvalue weighted by atomic mass is 16.2. The van der Waals surface area contributed by atoms with E-state index >= 15 is 0 Å². The molecular formula is C13H18N4O2. The third kappa shape index (κ3) is 2.83. The Morgan fingerprint density at radius 3 is 2.63 bits per heavy atom. The highest BCUT2D eigenvalue weighted by molar-refractivity contribution is 6.35. The topological polar surface area (TPSA) is 79.5 Å². The van der Waals surface area contributed by atoms with Crippen LogP contribution in [-0.2, 0) is 16.1 Å². The number of carbonyl (C=O) groups excluding carboxylic acids is 2. The summed E-state index contributed by atoms with van der Waals surface area (Å²) in [7, 11) is 0. The number of nitrogens with two attached hydrogens (primary N) is 1. The fourth-order valence-electron chi connectivity index (χ4n) is 2.11. The Bertz CT molecular complexity index is 501. The van der Waals surface area contributed by atoms with Gasteiger partial charge in [0.2, 0.25) is 0 Å². The van der Waals surface area contributed by atoms with Gasteiger partial charge in [0.25, 0.3) is 0 Å². The number of hydrogen-bond donors (Lipinski definition) is 1. The van der Waals surface area contributed by atoms with Gasteiger partial charge in [-0.2, -0.15) is 0 Å². The van der Waals surface area contributed by atoms with Crippen LogP contribution in [0.4, 0.5) is 5.82 Å². The third-order valence-electron chi connectivity index (χ3n) is 3.15. The molecule has 0 radical (unpaired) electrons. The number of anilines is 1. The number of hydrogen-bond acceptors (Lipinski definition) is 4. The van der Waals surface area contributed by atoms with Crippen LogP contribution in [0, 0.1) is 0 Å². The monoisotopic (exact) mass is 262 g/mol. The van der Waals surface area contributed by atoms with Crippen molar-refractivity contribution in [3.63, 3.8) is 0 Å². The zero-order valence-corrected chi connectivity index (χ0v) is 11.2. The predicted molar refractivity (Wildman–Crippen MR) is 70.9 cm³/mol. The molecule has 2 N–H and O–H groups in total. The maximum atomic E-state index is 12.0. The minimum Gasteiger partial charge on any atom is -0.384 e. The summed E-state index contributed by atoms with van der Waals surface area (Å²) in [6, 6.07) is 5.31. The minimum atomic E-state index is -0.468. The number of piperazine rings is 1. The largest absolute Gasteiger partial charge is 0.384 e. The molecule has 0 unspecified atom stereocenters. The van der Waals surface area contributed by atoms with E-state index in [0.29, 0.717) is 31.1 Å². The fraction of sp³-hybridized carbons (Fsp3) is 0.462. The molecule has 0 bridgehead atoms. The molecule has 6 heteroatoms. The first-order valence-electron chi connectivity index (χ1n) is 6.30. The zero-order valence-electron chi connectivity index (χ0n) is 11.2. The maximum Gasteiger partial charge on any atom is 0.312 e. The van der Waals surface area contributed by atoms with Gasteiger partial charge in [0.1, 0.15) is 5.82 Å². The molecule has 6 nitrogen and oxygen atoms in total. The SMILES string of the molecule is CC(C)N1CCN(Cc2cccc(N)n2)C(=O)C1=O. The van der Waals surface area contributed by atoms with Crippen LogP contribution in [0.15, 0.2) is 18.2 Å². The first-order chi connectivity index (χ1) is 8.99. The summed E-state index contributed by atoms with van der Waals surface area (Å²) in [4.78, 5) is 31.2. The van der Waals surface area contributed by atoms with E-state index in [1.54, 1.807) is 23.1 Å². The van der Waals surface area contributed by atoms with Gasteiger partial charge < -0.3 is 15.5 Å². The number of aromatic nitrogens is 1. The van der Waals surface area contributed by atoms with Gasteiger partial charge >= 0.3 is 11.8 Å². The lowest BCUT2D eigenvalue weighted by Gasteiger charge is -2.35. The summed E-state index contributed by atoms with van der Waals surface area (Å²) in [5, 5.41) is 0. The third-order valence-corrected chi connectivity index (χ3v) is 3.15. The number of amides is 2. The second-order valence-corrected chi connectivity index (χ2v) is 4.87. The molecular weight excluding hydrogens is 244 g/mol. The highest BCUT2D eigenvalue weighted by Gasteiger charge is 2.33. The van der Waals surface area contributed by atoms with Crippen LogP contribution in [-0.4, -0.2) is 45.7 Å². The van der Waals surface area contributed by atoms with Crippen LogP contribution in [0.3, 0.4) is 0 Å². The molecule has 0 atom stereocenters. The molecule has 2 heterocycles. The summed E-state index contributed by atoms with van der Waals surface area (Å²) in [6.45, 7) is 5.21. The lowest BCUT2D eigenvalue weighted by Crippen LogP contribution is -2.55. The van der Waals surface area contributed by atoms with Crippen molar-refractivity contribution in [3.05, 3.63) is 23.9 Å². The Balaban J connectivity index is 2.07. The van der Waals surface area contributed by atoms with E-state index in [1.165, 1.54) is 4.90 Å². The Labute approximate surface area is 112 Å². The van der Waals surface area contributed by atoms with Crippen molar-refractivity contribution in [1.82, 2.24) is 14.8 Å². The molecule has 2 rings (SSSR count). The smallest absolute Gasteiger partial charge is 0.312 e. The second kappa shape index (κ2) is 5.26. The molecule has 19 heavy (non-hydrogen) atoms. The average molecular weight is 262 g/mol. The zero-order chi connectivity index (χ0) is 14.0. The molecule has 1 fully saturated rings. The molecule has 1 saturated heterocycles. The van der Waals surface area contributed by atoms with Crippen LogP contribution in [0.5, 0.6) is 0 Å². The molecule has 2 amide bonds. The molecule has 0 saturated carbocycles. The first-order valence-corrected chi connectivity index (χ1v) is 6.30. The van der Waals surface area contributed by atoms with Crippen molar-refractivity contribution < 1.29 is 9.59 Å². The molecule has 1 aliphatic rings. The van der Waals surface area contributed by atoms with Crippen molar-refractivity contribution in [1.29, 1.82) is 0 Å². The Hall–Kier alpha value is -2.11. The molecule has 0 aromatic carbocycles. The molecule has 0 spiro atoms. The van der Waals surface area contributed by atoms with E-state index in [0.717, 1.165) is 0 Å². The van der Waals surface area contributed by atoms with Crippen molar-refractivity contribution in [2.45, 2.75) is 26.4 Å². The lowest BCUT2D eigenvalue weighted by atomic mass is 10.2. The summed E-state index contributed by atoms with van der Waals surface area (Å²) in [6.07, 6.45) is 0. The van der Waals surface area contributed by atoms with E-state index < -0.39 is 11.8 Å². The summed E-state index contributed by atoms with van der Waals surface area (Å²) in [5.41, 5.74) is 6.29. The lowest BCUT2D eigenvalue weighted by molar-refractivity contribution is -0.157. The average Bonchev–Trinajstić information content (AvgIpc) is 2.35. The van der Waals surface area contributed by atoms with Crippen molar-refractivity contribution >= 4 is 17.6 Å². The van der Waals surface area contributed by atoms with E-state index in [1.807, 2.05) is 13.8 Å². The van der Waals surface area contributed by atoms with Crippen LogP contribution in [0.2, 0.25) is 0 Å². The van der Waals surface area contributed by atoms with E-state index in [-0.39, 0.29) is 6.04 Å². The van der Waals surface area contributed by atoms with Gasteiger partial charge in [-0.15, -0.1) is 0 Å². The Morgan fingerprint density at radius 1 is 1.26 bits per heavy atom. The number of carbonyl (C=O) groups is 2. The number of rotatable bonds is 3. The first kappa shape index (κ1) is 13.3. The van der Waals surface area contributed by atoms with Crippen LogP contribution in [0.25, 0.3) is 0 Å². The maximum absolute atomic E-state index is 12.0. The van der Waals surface area contributed by atoms with Gasteiger partial charge in [-0.3, -0.25) is 9.59 Å². The minimum absolute atomic E-state index is 0.0455. The standard InChI is InChI=1S/C13H18N4O2/c1-9(2)17-7-6-16(12(18)13(17)19)8-10-4-3-5-11(14)15-10/h3-5,9H,6-8H2,1-2H3,(H2,14,15). The molecule has 1 aromatic rings. The quantitative estimate of drug-likeness (QED) is 0.791. The normalized spacial score (nSPS) is 16.4. The Morgan fingerprint density at radius 2 is 2.00 bits per heavy atom. The van der Waals surface area contributed by atoms with E-state index in [2.05, 4.69) is 4.98 Å².